The predicted octanol–water partition coefficient (Wildman–Crippen LogP) is 1.67. The van der Waals surface area contributed by atoms with E-state index in [9.17, 15) is 9.59 Å². The van der Waals surface area contributed by atoms with E-state index in [-0.39, 0.29) is 24.2 Å². The van der Waals surface area contributed by atoms with E-state index < -0.39 is 0 Å². The smallest absolute Gasteiger partial charge is 0.248 e. The van der Waals surface area contributed by atoms with Gasteiger partial charge >= 0.3 is 0 Å². The van der Waals surface area contributed by atoms with Crippen LogP contribution >= 0.6 is 0 Å². The molecule has 1 aromatic rings. The lowest BCUT2D eigenvalue weighted by atomic mass is 10.1. The first kappa shape index (κ1) is 14.5. The number of carbonyl (C=O) groups is 2. The number of benzene rings is 1. The van der Waals surface area contributed by atoms with Crippen LogP contribution in [0.4, 0.5) is 5.69 Å². The molecule has 0 spiro atoms. The molecule has 1 fully saturated rings. The summed E-state index contributed by atoms with van der Waals surface area (Å²) in [6.45, 7) is 2.54. The highest BCUT2D eigenvalue weighted by molar-refractivity contribution is 6.00. The maximum absolute atomic E-state index is 12.0. The van der Waals surface area contributed by atoms with E-state index in [0.29, 0.717) is 6.54 Å². The van der Waals surface area contributed by atoms with Crippen molar-refractivity contribution in [1.29, 1.82) is 0 Å². The lowest BCUT2D eigenvalue weighted by Gasteiger charge is -2.17. The van der Waals surface area contributed by atoms with Crippen molar-refractivity contribution in [1.82, 2.24) is 5.48 Å². The van der Waals surface area contributed by atoms with Gasteiger partial charge < -0.3 is 4.90 Å². The molecule has 1 aromatic carbocycles. The fourth-order valence-corrected chi connectivity index (χ4v) is 2.45. The number of hydrogen-bond acceptors (Lipinski definition) is 3. The fourth-order valence-electron chi connectivity index (χ4n) is 2.45. The van der Waals surface area contributed by atoms with E-state index >= 15 is 0 Å². The molecule has 0 saturated carbocycles. The van der Waals surface area contributed by atoms with Gasteiger partial charge in [-0.05, 0) is 24.1 Å². The van der Waals surface area contributed by atoms with E-state index in [4.69, 9.17) is 0 Å². The van der Waals surface area contributed by atoms with Crippen LogP contribution in [0.15, 0.2) is 24.3 Å². The predicted molar refractivity (Wildman–Crippen MR) is 76.0 cm³/mol. The summed E-state index contributed by atoms with van der Waals surface area (Å²) >= 11 is 0. The summed E-state index contributed by atoms with van der Waals surface area (Å²) in [7, 11) is 1.39. The maximum Gasteiger partial charge on any atom is 0.248 e. The zero-order chi connectivity index (χ0) is 14.5. The Labute approximate surface area is 118 Å². The van der Waals surface area contributed by atoms with Crippen molar-refractivity contribution in [3.63, 3.8) is 0 Å². The molecule has 0 radical (unpaired) electrons. The van der Waals surface area contributed by atoms with Gasteiger partial charge in [0, 0.05) is 18.7 Å². The van der Waals surface area contributed by atoms with E-state index in [0.717, 1.165) is 18.5 Å². The highest BCUT2D eigenvalue weighted by Gasteiger charge is 2.35. The first-order valence-corrected chi connectivity index (χ1v) is 6.87. The molecular formula is C15H20N2O3. The molecule has 1 aliphatic heterocycles. The van der Waals surface area contributed by atoms with Gasteiger partial charge in [-0.1, -0.05) is 25.5 Å². The summed E-state index contributed by atoms with van der Waals surface area (Å²) in [5, 5.41) is 0. The van der Waals surface area contributed by atoms with Gasteiger partial charge in [-0.15, -0.1) is 0 Å². The Hall–Kier alpha value is -1.88. The van der Waals surface area contributed by atoms with Crippen LogP contribution in [-0.2, 0) is 20.8 Å². The number of hydrogen-bond donors (Lipinski definition) is 1. The van der Waals surface area contributed by atoms with E-state index in [2.05, 4.69) is 17.2 Å². The lowest BCUT2D eigenvalue weighted by molar-refractivity contribution is -0.135. The molecule has 1 N–H and O–H groups in total. The van der Waals surface area contributed by atoms with Crippen molar-refractivity contribution in [3.8, 4) is 0 Å². The minimum Gasteiger partial charge on any atom is -0.312 e. The second-order valence-electron chi connectivity index (χ2n) is 4.99. The van der Waals surface area contributed by atoms with E-state index in [1.807, 2.05) is 24.3 Å². The SMILES string of the molecule is CCCc1ccc(N2C[C@H](C(=O)NOC)CC2=O)cc1. The molecule has 1 aliphatic rings. The Bertz CT molecular complexity index is 484. The molecule has 0 aromatic heterocycles. The molecular weight excluding hydrogens is 256 g/mol. The highest BCUT2D eigenvalue weighted by atomic mass is 16.6. The molecule has 1 heterocycles. The second kappa shape index (κ2) is 6.52. The molecule has 5 heteroatoms. The standard InChI is InChI=1S/C15H20N2O3/c1-3-4-11-5-7-13(8-6-11)17-10-12(9-14(17)18)15(19)16-20-2/h5-8,12H,3-4,9-10H2,1-2H3,(H,16,19)/t12-/m1/s1. The van der Waals surface area contributed by atoms with Gasteiger partial charge in [-0.25, -0.2) is 5.48 Å². The molecule has 1 atom stereocenters. The van der Waals surface area contributed by atoms with Crippen molar-refractivity contribution in [2.24, 2.45) is 5.92 Å². The number of rotatable bonds is 5. The Balaban J connectivity index is 2.05. The van der Waals surface area contributed by atoms with Gasteiger partial charge in [-0.2, -0.15) is 0 Å². The number of aryl methyl sites for hydroxylation is 1. The van der Waals surface area contributed by atoms with Gasteiger partial charge in [-0.3, -0.25) is 14.4 Å². The number of amides is 2. The van der Waals surface area contributed by atoms with Crippen molar-refractivity contribution >= 4 is 17.5 Å². The van der Waals surface area contributed by atoms with Crippen molar-refractivity contribution < 1.29 is 14.4 Å². The van der Waals surface area contributed by atoms with E-state index in [1.54, 1.807) is 4.90 Å². The minimum absolute atomic E-state index is 0.0236. The fraction of sp³-hybridized carbons (Fsp3) is 0.467. The van der Waals surface area contributed by atoms with Crippen LogP contribution in [0.2, 0.25) is 0 Å². The largest absolute Gasteiger partial charge is 0.312 e. The molecule has 20 heavy (non-hydrogen) atoms. The molecule has 5 nitrogen and oxygen atoms in total. The van der Waals surface area contributed by atoms with Crippen molar-refractivity contribution in [3.05, 3.63) is 29.8 Å². The Kier molecular flexibility index (Phi) is 4.74. The quantitative estimate of drug-likeness (QED) is 0.832. The third-order valence-corrected chi connectivity index (χ3v) is 3.49. The lowest BCUT2D eigenvalue weighted by Crippen LogP contribution is -2.32. The summed E-state index contributed by atoms with van der Waals surface area (Å²) < 4.78 is 0. The number of carbonyl (C=O) groups excluding carboxylic acids is 2. The molecule has 0 unspecified atom stereocenters. The van der Waals surface area contributed by atoms with Gasteiger partial charge in [0.05, 0.1) is 13.0 Å². The third kappa shape index (κ3) is 3.17. The Morgan fingerprint density at radius 3 is 2.70 bits per heavy atom. The topological polar surface area (TPSA) is 58.6 Å². The third-order valence-electron chi connectivity index (χ3n) is 3.49. The zero-order valence-electron chi connectivity index (χ0n) is 11.9. The van der Waals surface area contributed by atoms with Crippen LogP contribution in [0.1, 0.15) is 25.3 Å². The molecule has 0 bridgehead atoms. The minimum atomic E-state index is -0.349. The maximum atomic E-state index is 12.0. The first-order chi connectivity index (χ1) is 9.65. The summed E-state index contributed by atoms with van der Waals surface area (Å²) in [4.78, 5) is 30.0. The number of nitrogens with one attached hydrogen (secondary N) is 1. The number of anilines is 1. The number of nitrogens with zero attached hydrogens (tertiary/aromatic N) is 1. The van der Waals surface area contributed by atoms with Gasteiger partial charge in [0.15, 0.2) is 0 Å². The number of hydroxylamine groups is 1. The van der Waals surface area contributed by atoms with Gasteiger partial charge in [0.1, 0.15) is 0 Å². The molecule has 1 saturated heterocycles. The van der Waals surface area contributed by atoms with Crippen LogP contribution in [0.5, 0.6) is 0 Å². The monoisotopic (exact) mass is 276 g/mol. The average molecular weight is 276 g/mol. The van der Waals surface area contributed by atoms with Crippen LogP contribution in [0.3, 0.4) is 0 Å². The van der Waals surface area contributed by atoms with Crippen LogP contribution in [0.25, 0.3) is 0 Å². The van der Waals surface area contributed by atoms with Crippen LogP contribution < -0.4 is 10.4 Å². The highest BCUT2D eigenvalue weighted by Crippen LogP contribution is 2.25. The van der Waals surface area contributed by atoms with Crippen LogP contribution in [-0.4, -0.2) is 25.5 Å². The molecule has 108 valence electrons. The summed E-state index contributed by atoms with van der Waals surface area (Å²) in [5.41, 5.74) is 4.40. The normalized spacial score (nSPS) is 18.4. The first-order valence-electron chi connectivity index (χ1n) is 6.87. The zero-order valence-corrected chi connectivity index (χ0v) is 11.9. The summed E-state index contributed by atoms with van der Waals surface area (Å²) in [6, 6.07) is 7.96. The van der Waals surface area contributed by atoms with Gasteiger partial charge in [0.25, 0.3) is 0 Å². The van der Waals surface area contributed by atoms with Gasteiger partial charge in [0.2, 0.25) is 11.8 Å². The summed E-state index contributed by atoms with van der Waals surface area (Å²) in [6.07, 6.45) is 2.36. The molecule has 0 aliphatic carbocycles. The van der Waals surface area contributed by atoms with Crippen LogP contribution in [0, 0.1) is 5.92 Å². The molecule has 2 amide bonds. The van der Waals surface area contributed by atoms with E-state index in [1.165, 1.54) is 12.7 Å². The van der Waals surface area contributed by atoms with Crippen molar-refractivity contribution in [2.75, 3.05) is 18.6 Å². The average Bonchev–Trinajstić information content (AvgIpc) is 2.83. The molecule has 2 rings (SSSR count). The summed E-state index contributed by atoms with van der Waals surface area (Å²) in [5.74, 6) is -0.617. The Morgan fingerprint density at radius 1 is 1.40 bits per heavy atom. The second-order valence-corrected chi connectivity index (χ2v) is 4.99. The van der Waals surface area contributed by atoms with Crippen molar-refractivity contribution in [2.45, 2.75) is 26.2 Å². The Morgan fingerprint density at radius 2 is 2.10 bits per heavy atom.